The molecule has 26 heavy (non-hydrogen) atoms. The van der Waals surface area contributed by atoms with Crippen molar-refractivity contribution < 1.29 is 19.4 Å². The van der Waals surface area contributed by atoms with Gasteiger partial charge in [-0.15, -0.1) is 0 Å². The fourth-order valence-corrected chi connectivity index (χ4v) is 3.36. The van der Waals surface area contributed by atoms with E-state index in [9.17, 15) is 14.7 Å². The average molecular weight is 398 g/mol. The van der Waals surface area contributed by atoms with E-state index in [-0.39, 0.29) is 5.69 Å². The molecule has 1 N–H and O–H groups in total. The topological polar surface area (TPSA) is 84.7 Å². The molecule has 2 heterocycles. The van der Waals surface area contributed by atoms with Gasteiger partial charge in [0.1, 0.15) is 6.04 Å². The lowest BCUT2D eigenvalue weighted by Crippen LogP contribution is -2.35. The molecule has 0 saturated carbocycles. The number of rotatable bonds is 5. The van der Waals surface area contributed by atoms with Crippen LogP contribution in [0.2, 0.25) is 10.0 Å². The molecule has 1 aliphatic rings. The van der Waals surface area contributed by atoms with Crippen molar-refractivity contribution in [3.8, 4) is 5.69 Å². The number of carbonyl (C=O) groups is 2. The Hall–Kier alpha value is -2.09. The molecule has 1 atom stereocenters. The van der Waals surface area contributed by atoms with Gasteiger partial charge >= 0.3 is 11.9 Å². The minimum absolute atomic E-state index is 0.148. The number of carboxylic acid groups (broad SMARTS) is 1. The quantitative estimate of drug-likeness (QED) is 0.780. The maximum absolute atomic E-state index is 12.1. The van der Waals surface area contributed by atoms with Crippen LogP contribution in [0.25, 0.3) is 5.69 Å². The van der Waals surface area contributed by atoms with Crippen molar-refractivity contribution in [2.24, 2.45) is 0 Å². The molecule has 7 nitrogen and oxygen atoms in total. The van der Waals surface area contributed by atoms with Gasteiger partial charge in [0, 0.05) is 18.3 Å². The summed E-state index contributed by atoms with van der Waals surface area (Å²) in [5, 5.41) is 14.4. The molecule has 1 aliphatic heterocycles. The summed E-state index contributed by atoms with van der Waals surface area (Å²) in [6, 6.07) is 4.44. The Morgan fingerprint density at radius 3 is 2.77 bits per heavy atom. The Kier molecular flexibility index (Phi) is 5.50. The van der Waals surface area contributed by atoms with E-state index >= 15 is 0 Å². The van der Waals surface area contributed by atoms with Crippen molar-refractivity contribution >= 4 is 35.1 Å². The van der Waals surface area contributed by atoms with E-state index in [1.165, 1.54) is 11.8 Å². The van der Waals surface area contributed by atoms with Gasteiger partial charge in [-0.3, -0.25) is 9.69 Å². The molecule has 138 valence electrons. The third kappa shape index (κ3) is 3.70. The van der Waals surface area contributed by atoms with Gasteiger partial charge in [0.15, 0.2) is 5.69 Å². The second kappa shape index (κ2) is 7.65. The Morgan fingerprint density at radius 2 is 2.12 bits per heavy atom. The van der Waals surface area contributed by atoms with E-state index in [0.29, 0.717) is 40.8 Å². The standard InChI is InChI=1S/C17H17Cl2N3O4/c1-26-17(25)15-10(8-21-6-2-3-14(21)16(23)24)9-22(20-15)11-4-5-12(18)13(19)7-11/h4-5,7,9,14H,2-3,6,8H2,1H3,(H,23,24)/t14-/m1/s1. The molecule has 1 fully saturated rings. The number of aliphatic carboxylic acids is 1. The molecular formula is C17H17Cl2N3O4. The smallest absolute Gasteiger partial charge is 0.358 e. The van der Waals surface area contributed by atoms with Crippen LogP contribution in [0.15, 0.2) is 24.4 Å². The molecule has 3 rings (SSSR count). The lowest BCUT2D eigenvalue weighted by Gasteiger charge is -2.20. The highest BCUT2D eigenvalue weighted by molar-refractivity contribution is 6.42. The summed E-state index contributed by atoms with van der Waals surface area (Å²) < 4.78 is 6.32. The van der Waals surface area contributed by atoms with Gasteiger partial charge < -0.3 is 9.84 Å². The Balaban J connectivity index is 1.95. The highest BCUT2D eigenvalue weighted by atomic mass is 35.5. The van der Waals surface area contributed by atoms with Crippen LogP contribution < -0.4 is 0 Å². The van der Waals surface area contributed by atoms with E-state index in [2.05, 4.69) is 5.10 Å². The molecule has 0 unspecified atom stereocenters. The number of benzene rings is 1. The van der Waals surface area contributed by atoms with Crippen molar-refractivity contribution in [3.05, 3.63) is 45.7 Å². The van der Waals surface area contributed by atoms with Gasteiger partial charge in [-0.1, -0.05) is 23.2 Å². The summed E-state index contributed by atoms with van der Waals surface area (Å²) in [4.78, 5) is 25.3. The third-order valence-electron chi connectivity index (χ3n) is 4.36. The van der Waals surface area contributed by atoms with E-state index in [0.717, 1.165) is 6.42 Å². The summed E-state index contributed by atoms with van der Waals surface area (Å²) in [5.41, 5.74) is 1.37. The number of aromatic nitrogens is 2. The fraction of sp³-hybridized carbons (Fsp3) is 0.353. The number of esters is 1. The van der Waals surface area contributed by atoms with Gasteiger partial charge in [0.2, 0.25) is 0 Å². The molecular weight excluding hydrogens is 381 g/mol. The minimum atomic E-state index is -0.862. The monoisotopic (exact) mass is 397 g/mol. The van der Waals surface area contributed by atoms with E-state index < -0.39 is 18.0 Å². The number of methoxy groups -OCH3 is 1. The number of hydrogen-bond acceptors (Lipinski definition) is 5. The Morgan fingerprint density at radius 1 is 1.35 bits per heavy atom. The average Bonchev–Trinajstić information content (AvgIpc) is 3.24. The molecule has 0 spiro atoms. The zero-order valence-corrected chi connectivity index (χ0v) is 15.5. The molecule has 1 aromatic heterocycles. The predicted octanol–water partition coefficient (Wildman–Crippen LogP) is 3.01. The van der Waals surface area contributed by atoms with Crippen LogP contribution in [-0.2, 0) is 16.1 Å². The van der Waals surface area contributed by atoms with Crippen LogP contribution in [0, 0.1) is 0 Å². The van der Waals surface area contributed by atoms with Crippen LogP contribution in [0.5, 0.6) is 0 Å². The molecule has 0 bridgehead atoms. The Labute approximate surface area is 160 Å². The summed E-state index contributed by atoms with van der Waals surface area (Å²) in [7, 11) is 1.28. The van der Waals surface area contributed by atoms with Crippen LogP contribution in [0.1, 0.15) is 28.9 Å². The van der Waals surface area contributed by atoms with Crippen LogP contribution in [0.4, 0.5) is 0 Å². The van der Waals surface area contributed by atoms with E-state index in [1.54, 1.807) is 24.4 Å². The molecule has 1 saturated heterocycles. The van der Waals surface area contributed by atoms with Crippen molar-refractivity contribution in [1.29, 1.82) is 0 Å². The summed E-state index contributed by atoms with van der Waals surface area (Å²) >= 11 is 12.0. The summed E-state index contributed by atoms with van der Waals surface area (Å²) in [5.74, 6) is -1.44. The maximum Gasteiger partial charge on any atom is 0.358 e. The van der Waals surface area contributed by atoms with Crippen LogP contribution in [0.3, 0.4) is 0 Å². The number of hydrogen-bond donors (Lipinski definition) is 1. The molecule has 0 aliphatic carbocycles. The first-order chi connectivity index (χ1) is 12.4. The first kappa shape index (κ1) is 18.7. The van der Waals surface area contributed by atoms with Crippen LogP contribution in [-0.4, -0.2) is 51.4 Å². The zero-order valence-electron chi connectivity index (χ0n) is 14.0. The predicted molar refractivity (Wildman–Crippen MR) is 96.0 cm³/mol. The summed E-state index contributed by atoms with van der Waals surface area (Å²) in [6.07, 6.45) is 3.07. The molecule has 0 amide bonds. The van der Waals surface area contributed by atoms with Gasteiger partial charge in [-0.05, 0) is 37.6 Å². The van der Waals surface area contributed by atoms with Gasteiger partial charge in [-0.25, -0.2) is 9.48 Å². The molecule has 1 aromatic carbocycles. The number of carbonyl (C=O) groups excluding carboxylic acids is 1. The fourth-order valence-electron chi connectivity index (χ4n) is 3.07. The first-order valence-electron chi connectivity index (χ1n) is 8.00. The lowest BCUT2D eigenvalue weighted by molar-refractivity contribution is -0.142. The Bertz CT molecular complexity index is 853. The third-order valence-corrected chi connectivity index (χ3v) is 5.10. The second-order valence-electron chi connectivity index (χ2n) is 6.00. The number of nitrogens with zero attached hydrogens (tertiary/aromatic N) is 3. The first-order valence-corrected chi connectivity index (χ1v) is 8.75. The molecule has 9 heteroatoms. The van der Waals surface area contributed by atoms with E-state index in [4.69, 9.17) is 27.9 Å². The van der Waals surface area contributed by atoms with Crippen molar-refractivity contribution in [3.63, 3.8) is 0 Å². The van der Waals surface area contributed by atoms with Crippen molar-refractivity contribution in [2.45, 2.75) is 25.4 Å². The number of ether oxygens (including phenoxy) is 1. The van der Waals surface area contributed by atoms with Gasteiger partial charge in [0.05, 0.1) is 22.8 Å². The minimum Gasteiger partial charge on any atom is -0.480 e. The van der Waals surface area contributed by atoms with Crippen molar-refractivity contribution in [2.75, 3.05) is 13.7 Å². The van der Waals surface area contributed by atoms with Crippen LogP contribution >= 0.6 is 23.2 Å². The maximum atomic E-state index is 12.1. The SMILES string of the molecule is COC(=O)c1nn(-c2ccc(Cl)c(Cl)c2)cc1CN1CCC[C@@H]1C(=O)O. The zero-order chi connectivity index (χ0) is 18.8. The summed E-state index contributed by atoms with van der Waals surface area (Å²) in [6.45, 7) is 0.943. The van der Waals surface area contributed by atoms with E-state index in [1.807, 2.05) is 4.90 Å². The highest BCUT2D eigenvalue weighted by Crippen LogP contribution is 2.26. The molecule has 0 radical (unpaired) electrons. The number of halogens is 2. The normalized spacial score (nSPS) is 17.4. The number of likely N-dealkylation sites (tertiary alicyclic amines) is 1. The van der Waals surface area contributed by atoms with Gasteiger partial charge in [-0.2, -0.15) is 5.10 Å². The van der Waals surface area contributed by atoms with Crippen molar-refractivity contribution in [1.82, 2.24) is 14.7 Å². The van der Waals surface area contributed by atoms with Gasteiger partial charge in [0.25, 0.3) is 0 Å². The number of carboxylic acids is 1. The second-order valence-corrected chi connectivity index (χ2v) is 6.82. The largest absolute Gasteiger partial charge is 0.480 e. The lowest BCUT2D eigenvalue weighted by atomic mass is 10.2. The highest BCUT2D eigenvalue weighted by Gasteiger charge is 2.32. The molecule has 2 aromatic rings.